The molecule has 160 valence electrons. The first-order valence-electron chi connectivity index (χ1n) is 9.85. The van der Waals surface area contributed by atoms with Crippen LogP contribution in [0.4, 0.5) is 16.3 Å². The van der Waals surface area contributed by atoms with Gasteiger partial charge in [0.25, 0.3) is 0 Å². The Kier molecular flexibility index (Phi) is 6.06. The summed E-state index contributed by atoms with van der Waals surface area (Å²) in [6.45, 7) is 4.57. The minimum atomic E-state index is -0.661. The van der Waals surface area contributed by atoms with Gasteiger partial charge in [-0.05, 0) is 31.9 Å². The van der Waals surface area contributed by atoms with E-state index in [1.165, 1.54) is 11.8 Å². The lowest BCUT2D eigenvalue weighted by Crippen LogP contribution is -2.50. The number of rotatable bonds is 4. The van der Waals surface area contributed by atoms with Crippen molar-refractivity contribution in [2.75, 3.05) is 29.9 Å². The number of urea groups is 1. The van der Waals surface area contributed by atoms with Crippen LogP contribution in [0, 0.1) is 5.41 Å². The van der Waals surface area contributed by atoms with Gasteiger partial charge in [0.1, 0.15) is 10.8 Å². The number of carbonyl (C=O) groups is 1. The number of piperidine rings is 1. The Balaban J connectivity index is 1.40. The average Bonchev–Trinajstić information content (AvgIpc) is 3.00. The van der Waals surface area contributed by atoms with E-state index >= 15 is 0 Å². The zero-order valence-electron chi connectivity index (χ0n) is 16.7. The van der Waals surface area contributed by atoms with Crippen molar-refractivity contribution in [1.82, 2.24) is 9.97 Å². The molecule has 2 fully saturated rings. The van der Waals surface area contributed by atoms with Crippen LogP contribution in [0.25, 0.3) is 0 Å². The molecule has 2 aliphatic rings. The third-order valence-electron chi connectivity index (χ3n) is 5.98. The molecule has 1 aromatic carbocycles. The molecule has 8 nitrogen and oxygen atoms in total. The van der Waals surface area contributed by atoms with Gasteiger partial charge in [-0.1, -0.05) is 29.4 Å². The number of aromatic nitrogens is 2. The third kappa shape index (κ3) is 4.20. The normalized spacial score (nSPS) is 23.0. The zero-order chi connectivity index (χ0) is 21.3. The summed E-state index contributed by atoms with van der Waals surface area (Å²) in [6, 6.07) is 4.77. The van der Waals surface area contributed by atoms with E-state index in [1.807, 2.05) is 6.07 Å². The fourth-order valence-electron chi connectivity index (χ4n) is 4.11. The van der Waals surface area contributed by atoms with Crippen LogP contribution in [-0.4, -0.2) is 47.8 Å². The summed E-state index contributed by atoms with van der Waals surface area (Å²) in [4.78, 5) is 23.2. The van der Waals surface area contributed by atoms with Crippen LogP contribution in [0.2, 0.25) is 5.02 Å². The number of anilines is 2. The molecule has 2 aromatic rings. The van der Waals surface area contributed by atoms with Crippen LogP contribution in [-0.2, 0) is 4.74 Å². The minimum absolute atomic E-state index is 0.0832. The first-order chi connectivity index (χ1) is 14.4. The molecule has 1 spiro atoms. The number of primary amides is 1. The van der Waals surface area contributed by atoms with Gasteiger partial charge in [-0.3, -0.25) is 0 Å². The molecular weight excluding hydrogens is 424 g/mol. The van der Waals surface area contributed by atoms with Crippen molar-refractivity contribution in [1.29, 1.82) is 0 Å². The smallest absolute Gasteiger partial charge is 0.316 e. The van der Waals surface area contributed by atoms with Gasteiger partial charge in [-0.15, -0.1) is 0 Å². The number of hydrogen-bond acceptors (Lipinski definition) is 7. The molecule has 5 N–H and O–H groups in total. The second-order valence-electron chi connectivity index (χ2n) is 7.81. The first-order valence-corrected chi connectivity index (χ1v) is 11.0. The SMILES string of the molecule is C[C@@H]1OCC2(CCN(c3cnc(Sc4cccc(NC(N)=O)c4Cl)cn3)CC2)[C@@H]1N. The predicted molar refractivity (Wildman–Crippen MR) is 118 cm³/mol. The van der Waals surface area contributed by atoms with Crippen LogP contribution >= 0.6 is 23.4 Å². The van der Waals surface area contributed by atoms with Crippen molar-refractivity contribution >= 4 is 40.9 Å². The van der Waals surface area contributed by atoms with Gasteiger partial charge in [-0.2, -0.15) is 0 Å². The van der Waals surface area contributed by atoms with Crippen molar-refractivity contribution in [3.8, 4) is 0 Å². The van der Waals surface area contributed by atoms with Crippen molar-refractivity contribution in [2.45, 2.75) is 41.8 Å². The Labute approximate surface area is 184 Å². The van der Waals surface area contributed by atoms with Crippen molar-refractivity contribution in [2.24, 2.45) is 16.9 Å². The predicted octanol–water partition coefficient (Wildman–Crippen LogP) is 3.10. The molecule has 10 heteroatoms. The van der Waals surface area contributed by atoms with E-state index in [4.69, 9.17) is 27.8 Å². The van der Waals surface area contributed by atoms with Crippen LogP contribution in [0.15, 0.2) is 40.5 Å². The van der Waals surface area contributed by atoms with Crippen LogP contribution in [0.3, 0.4) is 0 Å². The number of nitrogens with zero attached hydrogens (tertiary/aromatic N) is 3. The zero-order valence-corrected chi connectivity index (χ0v) is 18.2. The monoisotopic (exact) mass is 448 g/mol. The van der Waals surface area contributed by atoms with Crippen LogP contribution in [0.5, 0.6) is 0 Å². The molecular formula is C20H25ClN6O2S. The van der Waals surface area contributed by atoms with E-state index in [2.05, 4.69) is 27.1 Å². The van der Waals surface area contributed by atoms with E-state index in [0.29, 0.717) is 15.7 Å². The highest BCUT2D eigenvalue weighted by Gasteiger charge is 2.47. The Bertz CT molecular complexity index is 920. The molecule has 2 atom stereocenters. The second kappa shape index (κ2) is 8.58. The molecule has 1 aromatic heterocycles. The summed E-state index contributed by atoms with van der Waals surface area (Å²) >= 11 is 7.75. The summed E-state index contributed by atoms with van der Waals surface area (Å²) in [6.07, 6.45) is 5.63. The summed E-state index contributed by atoms with van der Waals surface area (Å²) in [5, 5.41) is 3.64. The molecule has 0 radical (unpaired) electrons. The van der Waals surface area contributed by atoms with Gasteiger partial charge < -0.3 is 26.4 Å². The number of nitrogens with two attached hydrogens (primary N) is 2. The molecule has 2 amide bonds. The fourth-order valence-corrected chi connectivity index (χ4v) is 5.18. The van der Waals surface area contributed by atoms with Gasteiger partial charge in [0.15, 0.2) is 0 Å². The third-order valence-corrected chi connectivity index (χ3v) is 7.48. The highest BCUT2D eigenvalue weighted by atomic mass is 35.5. The summed E-state index contributed by atoms with van der Waals surface area (Å²) in [5.41, 5.74) is 12.1. The van der Waals surface area contributed by atoms with Gasteiger partial charge in [0.05, 0.1) is 35.8 Å². The van der Waals surface area contributed by atoms with Gasteiger partial charge in [-0.25, -0.2) is 14.8 Å². The molecule has 0 unspecified atom stereocenters. The number of hydrogen-bond donors (Lipinski definition) is 3. The second-order valence-corrected chi connectivity index (χ2v) is 9.25. The highest BCUT2D eigenvalue weighted by molar-refractivity contribution is 7.99. The average molecular weight is 449 g/mol. The standard InChI is InChI=1S/C20H25ClN6O2S/c1-12-18(22)20(11-29-12)5-7-27(8-6-20)15-9-25-16(10-24-15)30-14-4-2-3-13(17(14)21)26-19(23)28/h2-4,9-10,12,18H,5-8,11,22H2,1H3,(H3,23,26,28)/t12-,18+/m0/s1. The Morgan fingerprint density at radius 1 is 1.33 bits per heavy atom. The van der Waals surface area contributed by atoms with E-state index < -0.39 is 6.03 Å². The van der Waals surface area contributed by atoms with E-state index in [-0.39, 0.29) is 17.6 Å². The number of halogens is 1. The van der Waals surface area contributed by atoms with Crippen LogP contribution in [0.1, 0.15) is 19.8 Å². The Morgan fingerprint density at radius 2 is 2.10 bits per heavy atom. The number of carbonyl (C=O) groups excluding carboxylic acids is 1. The molecule has 4 rings (SSSR count). The van der Waals surface area contributed by atoms with E-state index in [9.17, 15) is 4.79 Å². The quantitative estimate of drug-likeness (QED) is 0.657. The lowest BCUT2D eigenvalue weighted by Gasteiger charge is -2.41. The molecule has 3 heterocycles. The topological polar surface area (TPSA) is 119 Å². The van der Waals surface area contributed by atoms with Crippen molar-refractivity contribution < 1.29 is 9.53 Å². The van der Waals surface area contributed by atoms with Gasteiger partial charge >= 0.3 is 6.03 Å². The van der Waals surface area contributed by atoms with Crippen molar-refractivity contribution in [3.05, 3.63) is 35.6 Å². The largest absolute Gasteiger partial charge is 0.376 e. The number of nitrogens with one attached hydrogen (secondary N) is 1. The maximum atomic E-state index is 11.1. The van der Waals surface area contributed by atoms with Crippen LogP contribution < -0.4 is 21.7 Å². The molecule has 0 saturated carbocycles. The minimum Gasteiger partial charge on any atom is -0.376 e. The summed E-state index contributed by atoms with van der Waals surface area (Å²) in [5.74, 6) is 0.852. The highest BCUT2D eigenvalue weighted by Crippen LogP contribution is 2.42. The first kappa shape index (κ1) is 21.2. The number of amides is 2. The number of ether oxygens (including phenoxy) is 1. The lowest BCUT2D eigenvalue weighted by atomic mass is 9.73. The molecule has 0 bridgehead atoms. The summed E-state index contributed by atoms with van der Waals surface area (Å²) < 4.78 is 5.80. The Morgan fingerprint density at radius 3 is 2.70 bits per heavy atom. The Hall–Kier alpha value is -2.07. The fraction of sp³-hybridized carbons (Fsp3) is 0.450. The van der Waals surface area contributed by atoms with E-state index in [0.717, 1.165) is 43.3 Å². The summed E-state index contributed by atoms with van der Waals surface area (Å²) in [7, 11) is 0. The molecule has 30 heavy (non-hydrogen) atoms. The maximum absolute atomic E-state index is 11.1. The van der Waals surface area contributed by atoms with Gasteiger partial charge in [0.2, 0.25) is 0 Å². The molecule has 0 aliphatic carbocycles. The lowest BCUT2D eigenvalue weighted by molar-refractivity contribution is 0.0974. The van der Waals surface area contributed by atoms with Crippen molar-refractivity contribution in [3.63, 3.8) is 0 Å². The molecule has 2 aliphatic heterocycles. The van der Waals surface area contributed by atoms with E-state index in [1.54, 1.807) is 24.5 Å². The maximum Gasteiger partial charge on any atom is 0.316 e. The van der Waals surface area contributed by atoms with Gasteiger partial charge in [0, 0.05) is 29.4 Å². The molecule has 2 saturated heterocycles. The number of benzene rings is 1.